The van der Waals surface area contributed by atoms with Crippen LogP contribution in [0.15, 0.2) is 45.1 Å². The molecule has 0 saturated heterocycles. The Balaban J connectivity index is 1.59. The first kappa shape index (κ1) is 18.6. The van der Waals surface area contributed by atoms with Crippen LogP contribution < -0.4 is 9.46 Å². The molecule has 1 aromatic carbocycles. The van der Waals surface area contributed by atoms with Crippen molar-refractivity contribution in [3.05, 3.63) is 47.2 Å². The molecule has 2 aromatic heterocycles. The van der Waals surface area contributed by atoms with E-state index in [1.165, 1.54) is 11.3 Å². The number of nitrogens with one attached hydrogen (secondary N) is 1. The molecule has 0 unspecified atom stereocenters. The van der Waals surface area contributed by atoms with Gasteiger partial charge in [-0.25, -0.2) is 13.1 Å². The molecule has 0 atom stereocenters. The molecule has 0 radical (unpaired) electrons. The third-order valence-corrected chi connectivity index (χ3v) is 6.88. The van der Waals surface area contributed by atoms with Crippen molar-refractivity contribution >= 4 is 21.4 Å². The molecule has 3 aromatic rings. The second kappa shape index (κ2) is 7.98. The summed E-state index contributed by atoms with van der Waals surface area (Å²) in [6, 6.07) is 10.7. The minimum Gasteiger partial charge on any atom is -0.497 e. The van der Waals surface area contributed by atoms with Gasteiger partial charge in [-0.1, -0.05) is 12.1 Å². The number of benzene rings is 1. The zero-order valence-electron chi connectivity index (χ0n) is 14.4. The van der Waals surface area contributed by atoms with Gasteiger partial charge in [0.2, 0.25) is 21.7 Å². The van der Waals surface area contributed by atoms with Crippen molar-refractivity contribution in [2.75, 3.05) is 13.7 Å². The van der Waals surface area contributed by atoms with E-state index in [2.05, 4.69) is 14.9 Å². The highest BCUT2D eigenvalue weighted by molar-refractivity contribution is 7.91. The Morgan fingerprint density at radius 2 is 1.96 bits per heavy atom. The maximum absolute atomic E-state index is 12.3. The molecule has 0 aliphatic heterocycles. The number of hydrogen-bond acceptors (Lipinski definition) is 7. The lowest BCUT2D eigenvalue weighted by atomic mass is 10.2. The normalized spacial score (nSPS) is 11.6. The molecule has 0 aliphatic carbocycles. The maximum atomic E-state index is 12.3. The van der Waals surface area contributed by atoms with Crippen molar-refractivity contribution < 1.29 is 17.7 Å². The molecule has 0 fully saturated rings. The predicted octanol–water partition coefficient (Wildman–Crippen LogP) is 2.89. The van der Waals surface area contributed by atoms with Crippen LogP contribution in [0.2, 0.25) is 0 Å². The Hall–Kier alpha value is -2.23. The molecule has 9 heteroatoms. The predicted molar refractivity (Wildman–Crippen MR) is 98.9 cm³/mol. The van der Waals surface area contributed by atoms with Crippen LogP contribution in [0, 0.1) is 0 Å². The SMILES string of the molecule is CCc1ccc(S(=O)(=O)NCCc2nc(-c3ccc(OC)cc3)no2)s1. The highest BCUT2D eigenvalue weighted by atomic mass is 32.2. The van der Waals surface area contributed by atoms with E-state index in [-0.39, 0.29) is 6.54 Å². The second-order valence-electron chi connectivity index (χ2n) is 5.46. The van der Waals surface area contributed by atoms with Crippen LogP contribution in [0.25, 0.3) is 11.4 Å². The Bertz CT molecular complexity index is 962. The molecule has 138 valence electrons. The molecular formula is C17H19N3O4S2. The number of methoxy groups -OCH3 is 1. The molecular weight excluding hydrogens is 374 g/mol. The van der Waals surface area contributed by atoms with Gasteiger partial charge in [-0.15, -0.1) is 11.3 Å². The standard InChI is InChI=1S/C17H19N3O4S2/c1-3-14-8-9-16(25-14)26(21,22)18-11-10-15-19-17(20-24-15)12-4-6-13(23-2)7-5-12/h4-9,18H,3,10-11H2,1-2H3. The van der Waals surface area contributed by atoms with Crippen molar-refractivity contribution in [2.45, 2.75) is 24.0 Å². The average Bonchev–Trinajstić information content (AvgIpc) is 3.31. The molecule has 0 aliphatic rings. The fraction of sp³-hybridized carbons (Fsp3) is 0.294. The molecule has 0 saturated carbocycles. The van der Waals surface area contributed by atoms with E-state index < -0.39 is 10.0 Å². The first-order chi connectivity index (χ1) is 12.5. The van der Waals surface area contributed by atoms with Crippen LogP contribution in [-0.4, -0.2) is 32.2 Å². The molecule has 0 spiro atoms. The number of hydrogen-bond donors (Lipinski definition) is 1. The molecule has 0 bridgehead atoms. The Morgan fingerprint density at radius 3 is 2.62 bits per heavy atom. The number of aromatic nitrogens is 2. The van der Waals surface area contributed by atoms with E-state index in [0.717, 1.165) is 22.6 Å². The average molecular weight is 393 g/mol. The molecule has 2 heterocycles. The molecule has 3 rings (SSSR count). The largest absolute Gasteiger partial charge is 0.497 e. The Morgan fingerprint density at radius 1 is 1.19 bits per heavy atom. The maximum Gasteiger partial charge on any atom is 0.250 e. The highest BCUT2D eigenvalue weighted by Gasteiger charge is 2.17. The summed E-state index contributed by atoms with van der Waals surface area (Å²) in [5.74, 6) is 1.57. The van der Waals surface area contributed by atoms with Crippen molar-refractivity contribution in [3.63, 3.8) is 0 Å². The summed E-state index contributed by atoms with van der Waals surface area (Å²) >= 11 is 1.28. The van der Waals surface area contributed by atoms with Gasteiger partial charge in [0.25, 0.3) is 0 Å². The highest BCUT2D eigenvalue weighted by Crippen LogP contribution is 2.22. The van der Waals surface area contributed by atoms with Crippen LogP contribution in [0.3, 0.4) is 0 Å². The lowest BCUT2D eigenvalue weighted by Crippen LogP contribution is -2.25. The fourth-order valence-electron chi connectivity index (χ4n) is 2.27. The topological polar surface area (TPSA) is 94.3 Å². The van der Waals surface area contributed by atoms with Gasteiger partial charge in [-0.3, -0.25) is 0 Å². The van der Waals surface area contributed by atoms with Gasteiger partial charge in [0.05, 0.1) is 7.11 Å². The summed E-state index contributed by atoms with van der Waals surface area (Å²) in [4.78, 5) is 5.33. The van der Waals surface area contributed by atoms with Crippen molar-refractivity contribution in [3.8, 4) is 17.1 Å². The number of nitrogens with zero attached hydrogens (tertiary/aromatic N) is 2. The Labute approximate surface area is 156 Å². The van der Waals surface area contributed by atoms with E-state index in [0.29, 0.717) is 22.3 Å². The molecule has 0 amide bonds. The van der Waals surface area contributed by atoms with Crippen molar-refractivity contribution in [2.24, 2.45) is 0 Å². The zero-order chi connectivity index (χ0) is 18.6. The monoisotopic (exact) mass is 393 g/mol. The van der Waals surface area contributed by atoms with Gasteiger partial charge in [0.15, 0.2) is 0 Å². The number of rotatable bonds is 8. The number of thiophene rings is 1. The van der Waals surface area contributed by atoms with Crippen LogP contribution >= 0.6 is 11.3 Å². The van der Waals surface area contributed by atoms with E-state index in [9.17, 15) is 8.42 Å². The zero-order valence-corrected chi connectivity index (χ0v) is 16.1. The number of aryl methyl sites for hydroxylation is 1. The van der Waals surface area contributed by atoms with Crippen LogP contribution in [0.1, 0.15) is 17.7 Å². The third kappa shape index (κ3) is 4.29. The minimum atomic E-state index is -3.51. The lowest BCUT2D eigenvalue weighted by molar-refractivity contribution is 0.379. The minimum absolute atomic E-state index is 0.186. The van der Waals surface area contributed by atoms with Crippen LogP contribution in [0.4, 0.5) is 0 Å². The molecule has 1 N–H and O–H groups in total. The summed E-state index contributed by atoms with van der Waals surface area (Å²) < 4.78 is 37.7. The van der Waals surface area contributed by atoms with Crippen LogP contribution in [0.5, 0.6) is 5.75 Å². The second-order valence-corrected chi connectivity index (χ2v) is 8.62. The first-order valence-corrected chi connectivity index (χ1v) is 10.4. The summed E-state index contributed by atoms with van der Waals surface area (Å²) in [6.07, 6.45) is 1.13. The van der Waals surface area contributed by atoms with Crippen molar-refractivity contribution in [1.29, 1.82) is 0 Å². The first-order valence-electron chi connectivity index (χ1n) is 8.07. The summed E-state index contributed by atoms with van der Waals surface area (Å²) in [5.41, 5.74) is 0.798. The summed E-state index contributed by atoms with van der Waals surface area (Å²) in [6.45, 7) is 2.18. The van der Waals surface area contributed by atoms with E-state index in [4.69, 9.17) is 9.26 Å². The smallest absolute Gasteiger partial charge is 0.250 e. The fourth-order valence-corrected chi connectivity index (χ4v) is 4.64. The van der Waals surface area contributed by atoms with Crippen molar-refractivity contribution in [1.82, 2.24) is 14.9 Å². The van der Waals surface area contributed by atoms with E-state index >= 15 is 0 Å². The molecule has 7 nitrogen and oxygen atoms in total. The Kier molecular flexibility index (Phi) is 5.70. The van der Waals surface area contributed by atoms with Gasteiger partial charge in [-0.2, -0.15) is 4.98 Å². The van der Waals surface area contributed by atoms with Gasteiger partial charge in [0.1, 0.15) is 9.96 Å². The van der Waals surface area contributed by atoms with Gasteiger partial charge >= 0.3 is 0 Å². The van der Waals surface area contributed by atoms with Crippen LogP contribution in [-0.2, 0) is 22.9 Å². The van der Waals surface area contributed by atoms with Gasteiger partial charge in [0, 0.05) is 23.4 Å². The quantitative estimate of drug-likeness (QED) is 0.632. The lowest BCUT2D eigenvalue weighted by Gasteiger charge is -2.02. The number of ether oxygens (including phenoxy) is 1. The number of sulfonamides is 1. The van der Waals surface area contributed by atoms with Gasteiger partial charge < -0.3 is 9.26 Å². The summed E-state index contributed by atoms with van der Waals surface area (Å²) in [7, 11) is -1.91. The summed E-state index contributed by atoms with van der Waals surface area (Å²) in [5, 5.41) is 3.93. The van der Waals surface area contributed by atoms with E-state index in [1.54, 1.807) is 13.2 Å². The third-order valence-electron chi connectivity index (χ3n) is 3.70. The van der Waals surface area contributed by atoms with E-state index in [1.807, 2.05) is 37.3 Å². The molecule has 26 heavy (non-hydrogen) atoms. The van der Waals surface area contributed by atoms with Gasteiger partial charge in [-0.05, 0) is 42.8 Å².